The van der Waals surface area contributed by atoms with Gasteiger partial charge in [0.15, 0.2) is 0 Å². The summed E-state index contributed by atoms with van der Waals surface area (Å²) in [7, 11) is 0. The molecule has 1 aromatic heterocycles. The monoisotopic (exact) mass is 253 g/mol. The van der Waals surface area contributed by atoms with Crippen molar-refractivity contribution in [1.29, 1.82) is 0 Å². The van der Waals surface area contributed by atoms with Gasteiger partial charge in [-0.25, -0.2) is 9.78 Å². The summed E-state index contributed by atoms with van der Waals surface area (Å²) in [4.78, 5) is 15.9. The van der Waals surface area contributed by atoms with Crippen molar-refractivity contribution in [2.24, 2.45) is 5.92 Å². The van der Waals surface area contributed by atoms with Gasteiger partial charge in [-0.2, -0.15) is 0 Å². The summed E-state index contributed by atoms with van der Waals surface area (Å²) in [5.74, 6) is 0.472. The maximum atomic E-state index is 11.8. The zero-order valence-corrected chi connectivity index (χ0v) is 10.7. The SMILES string of the molecule is CCc1cc(C(=O)OCCC2CC2)cc(Cl)n1. The Balaban J connectivity index is 1.94. The van der Waals surface area contributed by atoms with E-state index in [1.807, 2.05) is 6.92 Å². The number of rotatable bonds is 5. The number of pyridine rings is 1. The zero-order valence-electron chi connectivity index (χ0n) is 9.91. The van der Waals surface area contributed by atoms with Crippen LogP contribution in [0.25, 0.3) is 0 Å². The lowest BCUT2D eigenvalue weighted by Gasteiger charge is -2.06. The van der Waals surface area contributed by atoms with Crippen LogP contribution in [-0.4, -0.2) is 17.6 Å². The molecule has 0 spiro atoms. The van der Waals surface area contributed by atoms with Gasteiger partial charge in [0.2, 0.25) is 0 Å². The third-order valence-corrected chi connectivity index (χ3v) is 3.09. The van der Waals surface area contributed by atoms with E-state index < -0.39 is 0 Å². The Kier molecular flexibility index (Phi) is 4.00. The second-order valence-corrected chi connectivity index (χ2v) is 4.78. The van der Waals surface area contributed by atoms with Crippen molar-refractivity contribution in [1.82, 2.24) is 4.98 Å². The summed E-state index contributed by atoms with van der Waals surface area (Å²) in [5, 5.41) is 0.346. The molecule has 0 saturated heterocycles. The summed E-state index contributed by atoms with van der Waals surface area (Å²) in [6.45, 7) is 2.48. The fourth-order valence-electron chi connectivity index (χ4n) is 1.66. The average molecular weight is 254 g/mol. The molecule has 1 aliphatic rings. The molecule has 0 unspecified atom stereocenters. The van der Waals surface area contributed by atoms with Gasteiger partial charge in [-0.15, -0.1) is 0 Å². The lowest BCUT2D eigenvalue weighted by atomic mass is 10.2. The van der Waals surface area contributed by atoms with Crippen molar-refractivity contribution in [2.75, 3.05) is 6.61 Å². The van der Waals surface area contributed by atoms with Crippen molar-refractivity contribution in [3.8, 4) is 0 Å². The van der Waals surface area contributed by atoms with Gasteiger partial charge >= 0.3 is 5.97 Å². The number of nitrogens with zero attached hydrogens (tertiary/aromatic N) is 1. The molecule has 0 amide bonds. The molecule has 1 aliphatic carbocycles. The first-order chi connectivity index (χ1) is 8.19. The van der Waals surface area contributed by atoms with Crippen LogP contribution in [0, 0.1) is 5.92 Å². The predicted molar refractivity (Wildman–Crippen MR) is 66.2 cm³/mol. The molecule has 1 saturated carbocycles. The summed E-state index contributed by atoms with van der Waals surface area (Å²) in [6, 6.07) is 3.30. The Labute approximate surface area is 106 Å². The fourth-order valence-corrected chi connectivity index (χ4v) is 1.88. The molecule has 0 atom stereocenters. The molecule has 17 heavy (non-hydrogen) atoms. The second kappa shape index (κ2) is 5.50. The first kappa shape index (κ1) is 12.4. The highest BCUT2D eigenvalue weighted by molar-refractivity contribution is 6.29. The second-order valence-electron chi connectivity index (χ2n) is 4.39. The predicted octanol–water partition coefficient (Wildman–Crippen LogP) is 3.25. The smallest absolute Gasteiger partial charge is 0.338 e. The highest BCUT2D eigenvalue weighted by Crippen LogP contribution is 2.32. The van der Waals surface area contributed by atoms with Gasteiger partial charge in [-0.1, -0.05) is 31.4 Å². The van der Waals surface area contributed by atoms with Gasteiger partial charge in [-0.05, 0) is 30.9 Å². The molecular formula is C13H16ClNO2. The molecule has 1 heterocycles. The van der Waals surface area contributed by atoms with Crippen LogP contribution in [0.2, 0.25) is 5.15 Å². The molecule has 2 rings (SSSR count). The van der Waals surface area contributed by atoms with E-state index in [1.54, 1.807) is 12.1 Å². The lowest BCUT2D eigenvalue weighted by Crippen LogP contribution is -2.08. The van der Waals surface area contributed by atoms with Crippen molar-refractivity contribution in [2.45, 2.75) is 32.6 Å². The Morgan fingerprint density at radius 3 is 2.94 bits per heavy atom. The van der Waals surface area contributed by atoms with Crippen LogP contribution < -0.4 is 0 Å². The van der Waals surface area contributed by atoms with Crippen molar-refractivity contribution >= 4 is 17.6 Å². The minimum Gasteiger partial charge on any atom is -0.462 e. The van der Waals surface area contributed by atoms with E-state index in [0.717, 1.165) is 24.5 Å². The number of carbonyl (C=O) groups excluding carboxylic acids is 1. The molecule has 0 radical (unpaired) electrons. The third-order valence-electron chi connectivity index (χ3n) is 2.90. The highest BCUT2D eigenvalue weighted by Gasteiger charge is 2.21. The van der Waals surface area contributed by atoms with Crippen LogP contribution in [0.4, 0.5) is 0 Å². The molecule has 4 heteroatoms. The third kappa shape index (κ3) is 3.70. The van der Waals surface area contributed by atoms with Crippen molar-refractivity contribution < 1.29 is 9.53 Å². The van der Waals surface area contributed by atoms with Crippen LogP contribution in [-0.2, 0) is 11.2 Å². The maximum Gasteiger partial charge on any atom is 0.338 e. The van der Waals surface area contributed by atoms with Crippen LogP contribution in [0.15, 0.2) is 12.1 Å². The van der Waals surface area contributed by atoms with Gasteiger partial charge in [-0.3, -0.25) is 0 Å². The van der Waals surface area contributed by atoms with Crippen LogP contribution >= 0.6 is 11.6 Å². The van der Waals surface area contributed by atoms with Gasteiger partial charge < -0.3 is 4.74 Å². The average Bonchev–Trinajstić information content (AvgIpc) is 3.12. The molecule has 1 fully saturated rings. The van der Waals surface area contributed by atoms with Gasteiger partial charge in [0.1, 0.15) is 5.15 Å². The number of halogens is 1. The Hall–Kier alpha value is -1.09. The summed E-state index contributed by atoms with van der Waals surface area (Å²) < 4.78 is 5.21. The van der Waals surface area contributed by atoms with Gasteiger partial charge in [0, 0.05) is 5.69 Å². The Morgan fingerprint density at radius 1 is 1.53 bits per heavy atom. The summed E-state index contributed by atoms with van der Waals surface area (Å²) >= 11 is 5.85. The largest absolute Gasteiger partial charge is 0.462 e. The van der Waals surface area contributed by atoms with Crippen molar-refractivity contribution in [3.05, 3.63) is 28.5 Å². The number of hydrogen-bond donors (Lipinski definition) is 0. The number of aryl methyl sites for hydroxylation is 1. The number of hydrogen-bond acceptors (Lipinski definition) is 3. The molecule has 1 aromatic rings. The molecule has 0 aliphatic heterocycles. The maximum absolute atomic E-state index is 11.8. The van der Waals surface area contributed by atoms with Crippen LogP contribution in [0.5, 0.6) is 0 Å². The van der Waals surface area contributed by atoms with Crippen LogP contribution in [0.3, 0.4) is 0 Å². The minimum atomic E-state index is -0.301. The summed E-state index contributed by atoms with van der Waals surface area (Å²) in [6.07, 6.45) is 4.28. The van der Waals surface area contributed by atoms with Gasteiger partial charge in [0.25, 0.3) is 0 Å². The van der Waals surface area contributed by atoms with Crippen molar-refractivity contribution in [3.63, 3.8) is 0 Å². The van der Waals surface area contributed by atoms with Gasteiger partial charge in [0.05, 0.1) is 12.2 Å². The van der Waals surface area contributed by atoms with Crippen LogP contribution in [0.1, 0.15) is 42.2 Å². The molecule has 0 bridgehead atoms. The number of carbonyl (C=O) groups is 1. The first-order valence-corrected chi connectivity index (χ1v) is 6.40. The number of esters is 1. The Morgan fingerprint density at radius 2 is 2.29 bits per heavy atom. The van der Waals surface area contributed by atoms with E-state index in [1.165, 1.54) is 12.8 Å². The number of aromatic nitrogens is 1. The van der Waals surface area contributed by atoms with E-state index in [-0.39, 0.29) is 5.97 Å². The fraction of sp³-hybridized carbons (Fsp3) is 0.538. The quantitative estimate of drug-likeness (QED) is 0.597. The molecule has 3 nitrogen and oxygen atoms in total. The Bertz CT molecular complexity index is 416. The van der Waals surface area contributed by atoms with E-state index >= 15 is 0 Å². The minimum absolute atomic E-state index is 0.301. The van der Waals surface area contributed by atoms with E-state index in [2.05, 4.69) is 4.98 Å². The van der Waals surface area contributed by atoms with E-state index in [9.17, 15) is 4.79 Å². The van der Waals surface area contributed by atoms with E-state index in [4.69, 9.17) is 16.3 Å². The molecule has 0 N–H and O–H groups in total. The number of ether oxygens (including phenoxy) is 1. The molecule has 0 aromatic carbocycles. The van der Waals surface area contributed by atoms with E-state index in [0.29, 0.717) is 17.3 Å². The highest BCUT2D eigenvalue weighted by atomic mass is 35.5. The summed E-state index contributed by atoms with van der Waals surface area (Å²) in [5.41, 5.74) is 1.31. The topological polar surface area (TPSA) is 39.2 Å². The molecule has 92 valence electrons. The molecular weight excluding hydrogens is 238 g/mol. The standard InChI is InChI=1S/C13H16ClNO2/c1-2-11-7-10(8-12(14)15-11)13(16)17-6-5-9-3-4-9/h7-9H,2-6H2,1H3. The normalized spacial score (nSPS) is 14.7. The first-order valence-electron chi connectivity index (χ1n) is 6.02. The zero-order chi connectivity index (χ0) is 12.3. The lowest BCUT2D eigenvalue weighted by molar-refractivity contribution is 0.0494.